The Hall–Kier alpha value is -1.48. The number of ether oxygens (including phenoxy) is 1. The third-order valence-electron chi connectivity index (χ3n) is 2.87. The summed E-state index contributed by atoms with van der Waals surface area (Å²) in [5.41, 5.74) is 0.859. The number of hydrogen-bond donors (Lipinski definition) is 1. The lowest BCUT2D eigenvalue weighted by molar-refractivity contribution is 0.315. The summed E-state index contributed by atoms with van der Waals surface area (Å²) in [6.07, 6.45) is 1.000. The number of para-hydroxylation sites is 1. The summed E-state index contributed by atoms with van der Waals surface area (Å²) >= 11 is 0. The van der Waals surface area contributed by atoms with E-state index in [9.17, 15) is 0 Å². The normalized spacial score (nSPS) is 11.4. The van der Waals surface area contributed by atoms with Crippen LogP contribution in [0.3, 0.4) is 0 Å². The van der Waals surface area contributed by atoms with Gasteiger partial charge in [0.15, 0.2) is 11.3 Å². The van der Waals surface area contributed by atoms with Crippen molar-refractivity contribution in [2.75, 3.05) is 13.2 Å². The molecule has 0 amide bonds. The molecule has 1 aromatic carbocycles. The van der Waals surface area contributed by atoms with Crippen molar-refractivity contribution in [3.63, 3.8) is 0 Å². The van der Waals surface area contributed by atoms with Crippen molar-refractivity contribution in [3.8, 4) is 5.75 Å². The van der Waals surface area contributed by atoms with Crippen molar-refractivity contribution in [1.29, 1.82) is 0 Å². The first-order valence-corrected chi connectivity index (χ1v) is 7.05. The van der Waals surface area contributed by atoms with Gasteiger partial charge < -0.3 is 14.5 Å². The van der Waals surface area contributed by atoms with E-state index in [1.807, 2.05) is 12.1 Å². The molecule has 0 radical (unpaired) electrons. The monoisotopic (exact) mass is 261 g/mol. The molecule has 3 nitrogen and oxygen atoms in total. The Labute approximate surface area is 114 Å². The standard InChI is InChI=1S/C16H23NO2/c1-4-8-18-15-7-5-6-13-9-14(19-16(13)15)11-17-10-12(2)3/h5-7,9,12,17H,4,8,10-11H2,1-3H3. The first-order chi connectivity index (χ1) is 9.20. The highest BCUT2D eigenvalue weighted by Crippen LogP contribution is 2.28. The average Bonchev–Trinajstić information content (AvgIpc) is 2.79. The molecule has 1 aromatic heterocycles. The zero-order chi connectivity index (χ0) is 13.7. The van der Waals surface area contributed by atoms with Crippen molar-refractivity contribution >= 4 is 11.0 Å². The topological polar surface area (TPSA) is 34.4 Å². The minimum absolute atomic E-state index is 0.646. The van der Waals surface area contributed by atoms with Crippen molar-refractivity contribution in [1.82, 2.24) is 5.32 Å². The lowest BCUT2D eigenvalue weighted by atomic mass is 10.2. The summed E-state index contributed by atoms with van der Waals surface area (Å²) in [6.45, 7) is 8.98. The van der Waals surface area contributed by atoms with Gasteiger partial charge in [-0.3, -0.25) is 0 Å². The quantitative estimate of drug-likeness (QED) is 0.819. The molecule has 19 heavy (non-hydrogen) atoms. The Kier molecular flexibility index (Phi) is 4.86. The van der Waals surface area contributed by atoms with Crippen molar-refractivity contribution in [3.05, 3.63) is 30.0 Å². The van der Waals surface area contributed by atoms with Crippen LogP contribution in [-0.4, -0.2) is 13.2 Å². The molecule has 0 aliphatic carbocycles. The molecule has 0 saturated heterocycles. The summed E-state index contributed by atoms with van der Waals surface area (Å²) in [7, 11) is 0. The van der Waals surface area contributed by atoms with E-state index < -0.39 is 0 Å². The zero-order valence-corrected chi connectivity index (χ0v) is 12.0. The van der Waals surface area contributed by atoms with Gasteiger partial charge in [0.1, 0.15) is 5.76 Å². The molecule has 0 unspecified atom stereocenters. The maximum Gasteiger partial charge on any atom is 0.176 e. The fraction of sp³-hybridized carbons (Fsp3) is 0.500. The second-order valence-electron chi connectivity index (χ2n) is 5.26. The van der Waals surface area contributed by atoms with Gasteiger partial charge in [-0.15, -0.1) is 0 Å². The first kappa shape index (κ1) is 13.9. The molecule has 0 spiro atoms. The third kappa shape index (κ3) is 3.74. The smallest absolute Gasteiger partial charge is 0.176 e. The molecule has 0 bridgehead atoms. The van der Waals surface area contributed by atoms with Crippen LogP contribution in [0.2, 0.25) is 0 Å². The number of hydrogen-bond acceptors (Lipinski definition) is 3. The van der Waals surface area contributed by atoms with Gasteiger partial charge in [-0.05, 0) is 31.0 Å². The highest BCUT2D eigenvalue weighted by molar-refractivity contribution is 5.83. The zero-order valence-electron chi connectivity index (χ0n) is 12.0. The molecule has 3 heteroatoms. The molecule has 0 fully saturated rings. The van der Waals surface area contributed by atoms with Gasteiger partial charge in [0.2, 0.25) is 0 Å². The molecule has 1 heterocycles. The number of benzene rings is 1. The molecule has 0 aliphatic heterocycles. The average molecular weight is 261 g/mol. The van der Waals surface area contributed by atoms with Crippen molar-refractivity contribution < 1.29 is 9.15 Å². The predicted molar refractivity (Wildman–Crippen MR) is 78.5 cm³/mol. The van der Waals surface area contributed by atoms with Crippen LogP contribution >= 0.6 is 0 Å². The maximum absolute atomic E-state index is 5.89. The summed E-state index contributed by atoms with van der Waals surface area (Å²) < 4.78 is 11.6. The van der Waals surface area contributed by atoms with E-state index in [1.165, 1.54) is 0 Å². The number of furan rings is 1. The van der Waals surface area contributed by atoms with Crippen LogP contribution in [-0.2, 0) is 6.54 Å². The molecule has 104 valence electrons. The Balaban J connectivity index is 2.10. The number of rotatable bonds is 7. The maximum atomic E-state index is 5.89. The summed E-state index contributed by atoms with van der Waals surface area (Å²) in [5.74, 6) is 2.45. The molecule has 0 aliphatic rings. The fourth-order valence-corrected chi connectivity index (χ4v) is 1.99. The minimum Gasteiger partial charge on any atom is -0.490 e. The summed E-state index contributed by atoms with van der Waals surface area (Å²) in [6, 6.07) is 8.12. The van der Waals surface area contributed by atoms with E-state index in [4.69, 9.17) is 9.15 Å². The Bertz CT molecular complexity index is 516. The molecule has 1 N–H and O–H groups in total. The van der Waals surface area contributed by atoms with Gasteiger partial charge in [-0.2, -0.15) is 0 Å². The highest BCUT2D eigenvalue weighted by atomic mass is 16.5. The minimum atomic E-state index is 0.646. The fourth-order valence-electron chi connectivity index (χ4n) is 1.99. The Morgan fingerprint density at radius 1 is 1.32 bits per heavy atom. The summed E-state index contributed by atoms with van der Waals surface area (Å²) in [5, 5.41) is 4.50. The lowest BCUT2D eigenvalue weighted by Crippen LogP contribution is -2.18. The van der Waals surface area contributed by atoms with E-state index in [0.29, 0.717) is 5.92 Å². The third-order valence-corrected chi connectivity index (χ3v) is 2.87. The van der Waals surface area contributed by atoms with Crippen LogP contribution in [0.15, 0.2) is 28.7 Å². The molecule has 2 aromatic rings. The van der Waals surface area contributed by atoms with Gasteiger partial charge in [-0.1, -0.05) is 32.9 Å². The van der Waals surface area contributed by atoms with Crippen LogP contribution in [0.1, 0.15) is 33.0 Å². The van der Waals surface area contributed by atoms with E-state index in [2.05, 4.69) is 38.2 Å². The largest absolute Gasteiger partial charge is 0.490 e. The van der Waals surface area contributed by atoms with Crippen LogP contribution in [0.5, 0.6) is 5.75 Å². The van der Waals surface area contributed by atoms with Crippen LogP contribution < -0.4 is 10.1 Å². The van der Waals surface area contributed by atoms with Gasteiger partial charge in [0.05, 0.1) is 13.2 Å². The van der Waals surface area contributed by atoms with Crippen LogP contribution in [0.25, 0.3) is 11.0 Å². The van der Waals surface area contributed by atoms with Crippen molar-refractivity contribution in [2.24, 2.45) is 5.92 Å². The second-order valence-corrected chi connectivity index (χ2v) is 5.26. The van der Waals surface area contributed by atoms with E-state index >= 15 is 0 Å². The SMILES string of the molecule is CCCOc1cccc2cc(CNCC(C)C)oc12. The van der Waals surface area contributed by atoms with E-state index in [0.717, 1.165) is 48.6 Å². The van der Waals surface area contributed by atoms with Gasteiger partial charge in [-0.25, -0.2) is 0 Å². The summed E-state index contributed by atoms with van der Waals surface area (Å²) in [4.78, 5) is 0. The molecular formula is C16H23NO2. The second kappa shape index (κ2) is 6.62. The predicted octanol–water partition coefficient (Wildman–Crippen LogP) is 3.97. The van der Waals surface area contributed by atoms with Crippen LogP contribution in [0.4, 0.5) is 0 Å². The van der Waals surface area contributed by atoms with Gasteiger partial charge in [0.25, 0.3) is 0 Å². The van der Waals surface area contributed by atoms with Gasteiger partial charge >= 0.3 is 0 Å². The van der Waals surface area contributed by atoms with E-state index in [-0.39, 0.29) is 0 Å². The van der Waals surface area contributed by atoms with Gasteiger partial charge in [0, 0.05) is 5.39 Å². The number of fused-ring (bicyclic) bond motifs is 1. The Morgan fingerprint density at radius 3 is 2.89 bits per heavy atom. The molecule has 0 atom stereocenters. The Morgan fingerprint density at radius 2 is 2.16 bits per heavy atom. The molecular weight excluding hydrogens is 238 g/mol. The van der Waals surface area contributed by atoms with Crippen LogP contribution in [0, 0.1) is 5.92 Å². The highest BCUT2D eigenvalue weighted by Gasteiger charge is 2.08. The van der Waals surface area contributed by atoms with E-state index in [1.54, 1.807) is 0 Å². The first-order valence-electron chi connectivity index (χ1n) is 7.05. The lowest BCUT2D eigenvalue weighted by Gasteiger charge is -2.05. The molecule has 2 rings (SSSR count). The van der Waals surface area contributed by atoms with Crippen molar-refractivity contribution in [2.45, 2.75) is 33.7 Å². The number of nitrogens with one attached hydrogen (secondary N) is 1. The molecule has 0 saturated carbocycles.